The van der Waals surface area contributed by atoms with E-state index in [1.165, 1.54) is 0 Å². The Morgan fingerprint density at radius 3 is 2.67 bits per heavy atom. The van der Waals surface area contributed by atoms with Gasteiger partial charge in [0.25, 0.3) is 0 Å². The van der Waals surface area contributed by atoms with Crippen LogP contribution in [0.25, 0.3) is 0 Å². The summed E-state index contributed by atoms with van der Waals surface area (Å²) >= 11 is 11.7. The van der Waals surface area contributed by atoms with E-state index in [1.807, 2.05) is 18.2 Å². The first-order valence-electron chi connectivity index (χ1n) is 5.55. The zero-order valence-corrected chi connectivity index (χ0v) is 11.9. The predicted molar refractivity (Wildman–Crippen MR) is 75.8 cm³/mol. The average molecular weight is 284 g/mol. The molecule has 0 unspecified atom stereocenters. The van der Waals surface area contributed by atoms with Crippen LogP contribution in [-0.2, 0) is 4.79 Å². The molecule has 0 aromatic heterocycles. The van der Waals surface area contributed by atoms with Crippen LogP contribution >= 0.6 is 23.2 Å². The molecule has 0 saturated heterocycles. The summed E-state index contributed by atoms with van der Waals surface area (Å²) in [6.45, 7) is 3.86. The normalized spacial score (nSPS) is 10.4. The first-order valence-corrected chi connectivity index (χ1v) is 6.46. The van der Waals surface area contributed by atoms with Crippen molar-refractivity contribution in [2.45, 2.75) is 13.8 Å². The monoisotopic (exact) mass is 283 g/mol. The van der Waals surface area contributed by atoms with Crippen LogP contribution in [0.15, 0.2) is 24.3 Å². The van der Waals surface area contributed by atoms with Gasteiger partial charge in [-0.25, -0.2) is 0 Å². The summed E-state index contributed by atoms with van der Waals surface area (Å²) in [6, 6.07) is 7.32. The van der Waals surface area contributed by atoms with Gasteiger partial charge in [0, 0.05) is 11.4 Å². The molecule has 0 saturated carbocycles. The molecule has 0 spiro atoms. The first kappa shape index (κ1) is 14.9. The first-order chi connectivity index (χ1) is 8.47. The zero-order chi connectivity index (χ0) is 13.6. The Morgan fingerprint density at radius 2 is 2.06 bits per heavy atom. The highest BCUT2D eigenvalue weighted by atomic mass is 35.5. The molecule has 1 N–H and O–H groups in total. The van der Waals surface area contributed by atoms with E-state index in [4.69, 9.17) is 23.2 Å². The average Bonchev–Trinajstić information content (AvgIpc) is 2.36. The summed E-state index contributed by atoms with van der Waals surface area (Å²) in [7, 11) is 0. The van der Waals surface area contributed by atoms with Gasteiger partial charge in [-0.05, 0) is 26.0 Å². The topological polar surface area (TPSA) is 29.1 Å². The Bertz CT molecular complexity index is 486. The second-order valence-corrected chi connectivity index (χ2v) is 5.16. The maximum Gasteiger partial charge on any atom is 0.227 e. The molecule has 1 rings (SSSR count). The lowest BCUT2D eigenvalue weighted by molar-refractivity contribution is -0.128. The smallest absolute Gasteiger partial charge is 0.227 e. The van der Waals surface area contributed by atoms with Crippen LogP contribution in [0.5, 0.6) is 0 Å². The molecule has 0 radical (unpaired) electrons. The van der Waals surface area contributed by atoms with Crippen LogP contribution in [0.2, 0.25) is 5.02 Å². The summed E-state index contributed by atoms with van der Waals surface area (Å²) in [4.78, 5) is 11.7. The number of nitrogens with one attached hydrogen (secondary N) is 1. The third-order valence-corrected chi connectivity index (χ3v) is 3.38. The number of halogens is 2. The van der Waals surface area contributed by atoms with Gasteiger partial charge in [0.2, 0.25) is 5.91 Å². The summed E-state index contributed by atoms with van der Waals surface area (Å²) in [5.41, 5.74) is 0.179. The van der Waals surface area contributed by atoms with E-state index in [9.17, 15) is 4.79 Å². The minimum absolute atomic E-state index is 0.106. The Hall–Kier alpha value is -1.17. The number of benzene rings is 1. The SMILES string of the molecule is CC(C)(CCl)C(=O)NCC#Cc1ccccc1Cl. The lowest BCUT2D eigenvalue weighted by Gasteiger charge is -2.19. The predicted octanol–water partition coefficient (Wildman–Crippen LogP) is 3.07. The summed E-state index contributed by atoms with van der Waals surface area (Å²) in [5.74, 6) is 5.94. The highest BCUT2D eigenvalue weighted by Crippen LogP contribution is 2.16. The molecule has 0 atom stereocenters. The number of hydrogen-bond acceptors (Lipinski definition) is 1. The van der Waals surface area contributed by atoms with Crippen LogP contribution in [0, 0.1) is 17.3 Å². The standard InChI is InChI=1S/C14H15Cl2NO/c1-14(2,10-15)13(18)17-9-5-7-11-6-3-4-8-12(11)16/h3-4,6,8H,9-10H2,1-2H3,(H,17,18). The lowest BCUT2D eigenvalue weighted by atomic mass is 9.95. The van der Waals surface area contributed by atoms with Gasteiger partial charge in [-0.15, -0.1) is 11.6 Å². The molecular formula is C14H15Cl2NO. The van der Waals surface area contributed by atoms with Crippen LogP contribution in [-0.4, -0.2) is 18.3 Å². The Morgan fingerprint density at radius 1 is 1.39 bits per heavy atom. The second kappa shape index (κ2) is 6.68. The van der Waals surface area contributed by atoms with Crippen molar-refractivity contribution in [1.29, 1.82) is 0 Å². The van der Waals surface area contributed by atoms with Crippen LogP contribution in [0.3, 0.4) is 0 Å². The van der Waals surface area contributed by atoms with E-state index >= 15 is 0 Å². The van der Waals surface area contributed by atoms with Crippen molar-refractivity contribution in [3.63, 3.8) is 0 Å². The van der Waals surface area contributed by atoms with Crippen molar-refractivity contribution in [1.82, 2.24) is 5.32 Å². The Balaban J connectivity index is 2.54. The van der Waals surface area contributed by atoms with Gasteiger partial charge in [-0.3, -0.25) is 4.79 Å². The number of alkyl halides is 1. The third-order valence-electron chi connectivity index (χ3n) is 2.38. The molecule has 4 heteroatoms. The quantitative estimate of drug-likeness (QED) is 0.670. The number of hydrogen-bond donors (Lipinski definition) is 1. The van der Waals surface area contributed by atoms with Gasteiger partial charge in [-0.2, -0.15) is 0 Å². The molecule has 1 amide bonds. The maximum absolute atomic E-state index is 11.7. The van der Waals surface area contributed by atoms with Gasteiger partial charge in [0.05, 0.1) is 17.0 Å². The molecular weight excluding hydrogens is 269 g/mol. The van der Waals surface area contributed by atoms with Crippen molar-refractivity contribution in [2.24, 2.45) is 5.41 Å². The molecule has 0 fully saturated rings. The number of carbonyl (C=O) groups excluding carboxylic acids is 1. The van der Waals surface area contributed by atoms with Crippen molar-refractivity contribution in [2.75, 3.05) is 12.4 Å². The highest BCUT2D eigenvalue weighted by Gasteiger charge is 2.25. The maximum atomic E-state index is 11.7. The van der Waals surface area contributed by atoms with E-state index in [0.29, 0.717) is 5.02 Å². The van der Waals surface area contributed by atoms with Crippen molar-refractivity contribution >= 4 is 29.1 Å². The van der Waals surface area contributed by atoms with Gasteiger partial charge in [0.1, 0.15) is 0 Å². The van der Waals surface area contributed by atoms with Crippen molar-refractivity contribution in [3.8, 4) is 11.8 Å². The molecule has 2 nitrogen and oxygen atoms in total. The van der Waals surface area contributed by atoms with Gasteiger partial charge < -0.3 is 5.32 Å². The van der Waals surface area contributed by atoms with E-state index in [2.05, 4.69) is 17.2 Å². The van der Waals surface area contributed by atoms with Gasteiger partial charge in [0.15, 0.2) is 0 Å². The fourth-order valence-electron chi connectivity index (χ4n) is 1.13. The fourth-order valence-corrected chi connectivity index (χ4v) is 1.43. The summed E-state index contributed by atoms with van der Waals surface area (Å²) < 4.78 is 0. The van der Waals surface area contributed by atoms with E-state index in [0.717, 1.165) is 5.56 Å². The molecule has 0 heterocycles. The van der Waals surface area contributed by atoms with Crippen molar-refractivity contribution in [3.05, 3.63) is 34.9 Å². The zero-order valence-electron chi connectivity index (χ0n) is 10.4. The molecule has 0 aliphatic heterocycles. The van der Waals surface area contributed by atoms with Crippen LogP contribution in [0.1, 0.15) is 19.4 Å². The van der Waals surface area contributed by atoms with E-state index in [-0.39, 0.29) is 18.3 Å². The molecule has 1 aromatic rings. The largest absolute Gasteiger partial charge is 0.345 e. The highest BCUT2D eigenvalue weighted by molar-refractivity contribution is 6.31. The van der Waals surface area contributed by atoms with Crippen LogP contribution in [0.4, 0.5) is 0 Å². The van der Waals surface area contributed by atoms with Crippen LogP contribution < -0.4 is 5.32 Å². The van der Waals surface area contributed by atoms with E-state index in [1.54, 1.807) is 19.9 Å². The summed E-state index contributed by atoms with van der Waals surface area (Å²) in [6.07, 6.45) is 0. The minimum Gasteiger partial charge on any atom is -0.345 e. The summed E-state index contributed by atoms with van der Waals surface area (Å²) in [5, 5.41) is 3.33. The Labute approximate surface area is 118 Å². The minimum atomic E-state index is -0.576. The molecule has 0 aliphatic rings. The van der Waals surface area contributed by atoms with Gasteiger partial charge >= 0.3 is 0 Å². The second-order valence-electron chi connectivity index (χ2n) is 4.48. The van der Waals surface area contributed by atoms with Gasteiger partial charge in [-0.1, -0.05) is 35.6 Å². The third kappa shape index (κ3) is 4.25. The van der Waals surface area contributed by atoms with E-state index < -0.39 is 5.41 Å². The number of carbonyl (C=O) groups is 1. The molecule has 1 aromatic carbocycles. The number of amides is 1. The fraction of sp³-hybridized carbons (Fsp3) is 0.357. The number of rotatable bonds is 3. The molecule has 0 aliphatic carbocycles. The Kier molecular flexibility index (Phi) is 5.53. The molecule has 0 bridgehead atoms. The van der Waals surface area contributed by atoms with Crippen molar-refractivity contribution < 1.29 is 4.79 Å². The molecule has 18 heavy (non-hydrogen) atoms. The molecule has 96 valence electrons. The lowest BCUT2D eigenvalue weighted by Crippen LogP contribution is -2.38.